The number of anilines is 6. The molecule has 1 heterocycles. The molecule has 3 nitrogen and oxygen atoms in total. The predicted octanol–water partition coefficient (Wildman–Crippen LogP) is 11.1. The van der Waals surface area contributed by atoms with Crippen LogP contribution in [0.15, 0.2) is 150 Å². The van der Waals surface area contributed by atoms with E-state index in [1.807, 2.05) is 0 Å². The Morgan fingerprint density at radius 2 is 0.732 bits per heavy atom. The van der Waals surface area contributed by atoms with E-state index in [4.69, 9.17) is 4.42 Å². The van der Waals surface area contributed by atoms with Gasteiger partial charge in [0.1, 0.15) is 11.2 Å². The third-order valence-electron chi connectivity index (χ3n) is 7.72. The van der Waals surface area contributed by atoms with Crippen molar-refractivity contribution in [1.29, 1.82) is 0 Å². The van der Waals surface area contributed by atoms with Crippen LogP contribution in [-0.2, 0) is 0 Å². The highest BCUT2D eigenvalue weighted by Gasteiger charge is 2.24. The van der Waals surface area contributed by atoms with Crippen LogP contribution in [0, 0.1) is 13.8 Å². The van der Waals surface area contributed by atoms with Crippen LogP contribution in [0.5, 0.6) is 0 Å². The summed E-state index contributed by atoms with van der Waals surface area (Å²) in [4.78, 5) is 4.66. The smallest absolute Gasteiger partial charge is 0.137 e. The van der Waals surface area contributed by atoms with Crippen LogP contribution in [0.4, 0.5) is 34.1 Å². The van der Waals surface area contributed by atoms with Crippen LogP contribution in [0.3, 0.4) is 0 Å². The van der Waals surface area contributed by atoms with Crippen LogP contribution in [0.25, 0.3) is 21.9 Å². The molecule has 0 bridgehead atoms. The third kappa shape index (κ3) is 4.52. The van der Waals surface area contributed by atoms with E-state index in [2.05, 4.69) is 169 Å². The highest BCUT2D eigenvalue weighted by Crippen LogP contribution is 2.48. The second-order valence-electron chi connectivity index (χ2n) is 10.4. The molecule has 3 heteroatoms. The van der Waals surface area contributed by atoms with E-state index in [0.717, 1.165) is 56.1 Å². The zero-order chi connectivity index (χ0) is 27.8. The van der Waals surface area contributed by atoms with Crippen molar-refractivity contribution in [3.05, 3.63) is 157 Å². The lowest BCUT2D eigenvalue weighted by molar-refractivity contribution is 0.668. The number of hydrogen-bond donors (Lipinski definition) is 0. The third-order valence-corrected chi connectivity index (χ3v) is 7.72. The quantitative estimate of drug-likeness (QED) is 0.213. The van der Waals surface area contributed by atoms with Gasteiger partial charge in [-0.15, -0.1) is 0 Å². The zero-order valence-electron chi connectivity index (χ0n) is 23.2. The number of rotatable bonds is 6. The second kappa shape index (κ2) is 10.4. The zero-order valence-corrected chi connectivity index (χ0v) is 23.2. The fourth-order valence-electron chi connectivity index (χ4n) is 5.58. The minimum atomic E-state index is 0.863. The number of furan rings is 1. The van der Waals surface area contributed by atoms with Crippen LogP contribution in [-0.4, -0.2) is 0 Å². The molecule has 6 aromatic carbocycles. The Morgan fingerprint density at radius 3 is 1.17 bits per heavy atom. The minimum Gasteiger partial charge on any atom is -0.456 e. The van der Waals surface area contributed by atoms with E-state index < -0.39 is 0 Å². The van der Waals surface area contributed by atoms with Crippen LogP contribution in [0.1, 0.15) is 11.1 Å². The molecular formula is C38H30N2O. The first-order chi connectivity index (χ1) is 20.2. The summed E-state index contributed by atoms with van der Waals surface area (Å²) >= 11 is 0. The maximum Gasteiger partial charge on any atom is 0.137 e. The van der Waals surface area contributed by atoms with Gasteiger partial charge in [-0.1, -0.05) is 72.8 Å². The average Bonchev–Trinajstić information content (AvgIpc) is 3.35. The summed E-state index contributed by atoms with van der Waals surface area (Å²) < 4.78 is 6.55. The summed E-state index contributed by atoms with van der Waals surface area (Å²) in [7, 11) is 0. The highest BCUT2D eigenvalue weighted by atomic mass is 16.3. The van der Waals surface area contributed by atoms with Gasteiger partial charge in [-0.25, -0.2) is 0 Å². The molecule has 0 saturated carbocycles. The fraction of sp³-hybridized carbons (Fsp3) is 0.0526. The molecule has 0 aliphatic rings. The van der Waals surface area contributed by atoms with Crippen molar-refractivity contribution in [2.24, 2.45) is 0 Å². The normalized spacial score (nSPS) is 11.2. The van der Waals surface area contributed by atoms with Gasteiger partial charge in [0, 0.05) is 39.6 Å². The van der Waals surface area contributed by atoms with Gasteiger partial charge in [0.2, 0.25) is 0 Å². The SMILES string of the molecule is Cc1cc2oc3cc(N(c4ccccc4)c4ccccc4)c(N(c4ccccc4)c4ccccc4)cc3c2cc1C. The molecule has 0 amide bonds. The van der Waals surface area contributed by atoms with Crippen molar-refractivity contribution in [3.63, 3.8) is 0 Å². The number of hydrogen-bond acceptors (Lipinski definition) is 3. The van der Waals surface area contributed by atoms with Crippen molar-refractivity contribution in [2.45, 2.75) is 13.8 Å². The molecule has 41 heavy (non-hydrogen) atoms. The van der Waals surface area contributed by atoms with Gasteiger partial charge in [0.15, 0.2) is 0 Å². The van der Waals surface area contributed by atoms with Crippen LogP contribution < -0.4 is 9.80 Å². The van der Waals surface area contributed by atoms with Crippen molar-refractivity contribution >= 4 is 56.1 Å². The van der Waals surface area contributed by atoms with Crippen molar-refractivity contribution in [2.75, 3.05) is 9.80 Å². The number of benzene rings is 6. The molecule has 0 saturated heterocycles. The van der Waals surface area contributed by atoms with Gasteiger partial charge >= 0.3 is 0 Å². The van der Waals surface area contributed by atoms with Crippen molar-refractivity contribution in [1.82, 2.24) is 0 Å². The van der Waals surface area contributed by atoms with E-state index in [1.165, 1.54) is 11.1 Å². The fourth-order valence-corrected chi connectivity index (χ4v) is 5.58. The van der Waals surface area contributed by atoms with E-state index in [1.54, 1.807) is 0 Å². The average molecular weight is 531 g/mol. The molecule has 0 aliphatic heterocycles. The molecule has 0 fully saturated rings. The van der Waals surface area contributed by atoms with E-state index in [0.29, 0.717) is 0 Å². The Hall–Kier alpha value is -5.28. The van der Waals surface area contributed by atoms with E-state index in [-0.39, 0.29) is 0 Å². The summed E-state index contributed by atoms with van der Waals surface area (Å²) in [6, 6.07) is 51.1. The van der Waals surface area contributed by atoms with Gasteiger partial charge in [-0.2, -0.15) is 0 Å². The molecule has 0 spiro atoms. The largest absolute Gasteiger partial charge is 0.456 e. The Balaban J connectivity index is 1.60. The first kappa shape index (κ1) is 24.7. The lowest BCUT2D eigenvalue weighted by Gasteiger charge is -2.33. The molecule has 7 aromatic rings. The standard InChI is InChI=1S/C38H30N2O/c1-27-23-33-34-25-35(39(29-15-7-3-8-16-29)30-17-9-4-10-18-30)36(26-38(34)41-37(33)24-28(27)2)40(31-19-11-5-12-20-31)32-21-13-6-14-22-32/h3-26H,1-2H3. The van der Waals surface area contributed by atoms with Crippen molar-refractivity contribution < 1.29 is 4.42 Å². The van der Waals surface area contributed by atoms with Crippen molar-refractivity contribution in [3.8, 4) is 0 Å². The summed E-state index contributed by atoms with van der Waals surface area (Å²) in [6.07, 6.45) is 0. The van der Waals surface area contributed by atoms with E-state index in [9.17, 15) is 0 Å². The topological polar surface area (TPSA) is 19.6 Å². The minimum absolute atomic E-state index is 0.863. The Kier molecular flexibility index (Phi) is 6.25. The number of para-hydroxylation sites is 4. The molecule has 0 N–H and O–H groups in total. The predicted molar refractivity (Wildman–Crippen MR) is 173 cm³/mol. The summed E-state index contributed by atoms with van der Waals surface area (Å²) in [5.74, 6) is 0. The molecule has 0 unspecified atom stereocenters. The molecule has 7 rings (SSSR count). The maximum absolute atomic E-state index is 6.55. The lowest BCUT2D eigenvalue weighted by Crippen LogP contribution is -2.17. The maximum atomic E-state index is 6.55. The number of fused-ring (bicyclic) bond motifs is 3. The van der Waals surface area contributed by atoms with E-state index >= 15 is 0 Å². The highest BCUT2D eigenvalue weighted by molar-refractivity contribution is 6.10. The Labute approximate surface area is 240 Å². The molecule has 0 radical (unpaired) electrons. The second-order valence-corrected chi connectivity index (χ2v) is 10.4. The summed E-state index contributed by atoms with van der Waals surface area (Å²) in [6.45, 7) is 4.30. The number of aryl methyl sites for hydroxylation is 2. The molecule has 0 atom stereocenters. The summed E-state index contributed by atoms with van der Waals surface area (Å²) in [5.41, 5.74) is 10.6. The Bertz CT molecular complexity index is 1870. The van der Waals surface area contributed by atoms with Gasteiger partial charge in [-0.3, -0.25) is 0 Å². The lowest BCUT2D eigenvalue weighted by atomic mass is 10.0. The monoisotopic (exact) mass is 530 g/mol. The molecule has 1 aromatic heterocycles. The summed E-state index contributed by atoms with van der Waals surface area (Å²) in [5, 5.41) is 2.22. The van der Waals surface area contributed by atoms with Crippen LogP contribution in [0.2, 0.25) is 0 Å². The Morgan fingerprint density at radius 1 is 0.390 bits per heavy atom. The first-order valence-electron chi connectivity index (χ1n) is 14.0. The van der Waals surface area contributed by atoms with Gasteiger partial charge in [0.05, 0.1) is 11.4 Å². The molecular weight excluding hydrogens is 500 g/mol. The number of nitrogens with zero attached hydrogens (tertiary/aromatic N) is 2. The first-order valence-corrected chi connectivity index (χ1v) is 14.0. The van der Waals surface area contributed by atoms with Crippen LogP contribution >= 0.6 is 0 Å². The van der Waals surface area contributed by atoms with Gasteiger partial charge < -0.3 is 14.2 Å². The van der Waals surface area contributed by atoms with Gasteiger partial charge in [0.25, 0.3) is 0 Å². The molecule has 198 valence electrons. The molecule has 0 aliphatic carbocycles. The van der Waals surface area contributed by atoms with Gasteiger partial charge in [-0.05, 0) is 91.7 Å².